The average Bonchev–Trinajstić information content (AvgIpc) is 2.80. The Kier molecular flexibility index (Phi) is 5.39. The molecule has 1 aromatic heterocycles. The molecule has 1 amide bonds. The standard InChI is InChI=1S/C15H16BrNO3S/c1-3-20-12-5-4-11(7-10(12)8-18)17-15(19)13-6-9(2)14(16)21-13/h4-7,18H,3,8H2,1-2H3,(H,17,19). The average molecular weight is 370 g/mol. The third-order valence-electron chi connectivity index (χ3n) is 2.87. The van der Waals surface area contributed by atoms with Gasteiger partial charge in [-0.3, -0.25) is 4.79 Å². The molecular weight excluding hydrogens is 354 g/mol. The van der Waals surface area contributed by atoms with Crippen LogP contribution in [0.2, 0.25) is 0 Å². The van der Waals surface area contributed by atoms with Gasteiger partial charge in [-0.25, -0.2) is 0 Å². The number of hydrogen-bond acceptors (Lipinski definition) is 4. The van der Waals surface area contributed by atoms with E-state index in [0.717, 1.165) is 9.35 Å². The number of carbonyl (C=O) groups is 1. The summed E-state index contributed by atoms with van der Waals surface area (Å²) in [6, 6.07) is 7.07. The van der Waals surface area contributed by atoms with Crippen LogP contribution in [-0.2, 0) is 6.61 Å². The van der Waals surface area contributed by atoms with Crippen LogP contribution in [0.25, 0.3) is 0 Å². The van der Waals surface area contributed by atoms with E-state index in [9.17, 15) is 9.90 Å². The number of benzene rings is 1. The number of hydrogen-bond donors (Lipinski definition) is 2. The molecule has 1 aromatic carbocycles. The van der Waals surface area contributed by atoms with Crippen molar-refractivity contribution in [3.05, 3.63) is 44.1 Å². The van der Waals surface area contributed by atoms with Gasteiger partial charge in [0.05, 0.1) is 21.9 Å². The summed E-state index contributed by atoms with van der Waals surface area (Å²) in [4.78, 5) is 12.8. The molecule has 0 bridgehead atoms. The number of thiophene rings is 1. The zero-order valence-electron chi connectivity index (χ0n) is 11.8. The summed E-state index contributed by atoms with van der Waals surface area (Å²) in [5, 5.41) is 12.2. The van der Waals surface area contributed by atoms with Gasteiger partial charge >= 0.3 is 0 Å². The molecule has 1 heterocycles. The first-order chi connectivity index (χ1) is 10.0. The highest BCUT2D eigenvalue weighted by molar-refractivity contribution is 9.11. The van der Waals surface area contributed by atoms with Crippen molar-refractivity contribution in [2.75, 3.05) is 11.9 Å². The van der Waals surface area contributed by atoms with E-state index < -0.39 is 0 Å². The number of anilines is 1. The Hall–Kier alpha value is -1.37. The van der Waals surface area contributed by atoms with E-state index in [0.29, 0.717) is 28.5 Å². The minimum absolute atomic E-state index is 0.136. The normalized spacial score (nSPS) is 10.5. The highest BCUT2D eigenvalue weighted by Crippen LogP contribution is 2.28. The SMILES string of the molecule is CCOc1ccc(NC(=O)c2cc(C)c(Br)s2)cc1CO. The van der Waals surface area contributed by atoms with Crippen LogP contribution >= 0.6 is 27.3 Å². The first-order valence-electron chi connectivity index (χ1n) is 6.49. The minimum atomic E-state index is -0.165. The molecule has 2 rings (SSSR count). The fourth-order valence-electron chi connectivity index (χ4n) is 1.84. The van der Waals surface area contributed by atoms with E-state index in [2.05, 4.69) is 21.2 Å². The maximum Gasteiger partial charge on any atom is 0.265 e. The van der Waals surface area contributed by atoms with Gasteiger partial charge in [-0.2, -0.15) is 0 Å². The van der Waals surface area contributed by atoms with Gasteiger partial charge in [-0.1, -0.05) is 0 Å². The first kappa shape index (κ1) is 16.0. The largest absolute Gasteiger partial charge is 0.494 e. The lowest BCUT2D eigenvalue weighted by molar-refractivity contribution is 0.103. The molecule has 2 N–H and O–H groups in total. The predicted molar refractivity (Wildman–Crippen MR) is 88.2 cm³/mol. The molecule has 0 saturated carbocycles. The van der Waals surface area contributed by atoms with Crippen LogP contribution in [0, 0.1) is 6.92 Å². The fraction of sp³-hybridized carbons (Fsp3) is 0.267. The van der Waals surface area contributed by atoms with Crippen molar-refractivity contribution in [2.24, 2.45) is 0 Å². The van der Waals surface area contributed by atoms with Crippen molar-refractivity contribution in [3.63, 3.8) is 0 Å². The molecule has 0 radical (unpaired) electrons. The van der Waals surface area contributed by atoms with Crippen LogP contribution in [0.1, 0.15) is 27.7 Å². The molecule has 4 nitrogen and oxygen atoms in total. The zero-order valence-corrected chi connectivity index (χ0v) is 14.2. The second kappa shape index (κ2) is 7.06. The minimum Gasteiger partial charge on any atom is -0.494 e. The monoisotopic (exact) mass is 369 g/mol. The zero-order chi connectivity index (χ0) is 15.4. The number of rotatable bonds is 5. The molecule has 112 valence electrons. The Morgan fingerprint density at radius 1 is 1.43 bits per heavy atom. The van der Waals surface area contributed by atoms with Crippen LogP contribution in [0.4, 0.5) is 5.69 Å². The summed E-state index contributed by atoms with van der Waals surface area (Å²) in [5.74, 6) is 0.467. The van der Waals surface area contributed by atoms with Crippen molar-refractivity contribution >= 4 is 38.9 Å². The molecule has 2 aromatic rings. The maximum absolute atomic E-state index is 12.2. The van der Waals surface area contributed by atoms with E-state index >= 15 is 0 Å². The smallest absolute Gasteiger partial charge is 0.265 e. The number of ether oxygens (including phenoxy) is 1. The Balaban J connectivity index is 2.17. The molecule has 0 atom stereocenters. The number of aliphatic hydroxyl groups is 1. The summed E-state index contributed by atoms with van der Waals surface area (Å²) >= 11 is 4.80. The molecule has 0 fully saturated rings. The second-order valence-electron chi connectivity index (χ2n) is 4.44. The van der Waals surface area contributed by atoms with Gasteiger partial charge in [0.2, 0.25) is 0 Å². The van der Waals surface area contributed by atoms with Crippen LogP contribution < -0.4 is 10.1 Å². The van der Waals surface area contributed by atoms with Gasteiger partial charge in [-0.05, 0) is 59.6 Å². The molecular formula is C15H16BrNO3S. The molecule has 0 aliphatic carbocycles. The fourth-order valence-corrected chi connectivity index (χ4v) is 3.27. The Morgan fingerprint density at radius 3 is 2.76 bits per heavy atom. The third kappa shape index (κ3) is 3.84. The predicted octanol–water partition coefficient (Wildman–Crippen LogP) is 3.96. The lowest BCUT2D eigenvalue weighted by atomic mass is 10.2. The Morgan fingerprint density at radius 2 is 2.19 bits per heavy atom. The number of aryl methyl sites for hydroxylation is 1. The van der Waals surface area contributed by atoms with Crippen molar-refractivity contribution in [1.29, 1.82) is 0 Å². The summed E-state index contributed by atoms with van der Waals surface area (Å²) in [5.41, 5.74) is 2.32. The first-order valence-corrected chi connectivity index (χ1v) is 8.10. The number of nitrogens with one attached hydrogen (secondary N) is 1. The van der Waals surface area contributed by atoms with Crippen molar-refractivity contribution in [3.8, 4) is 5.75 Å². The number of aliphatic hydroxyl groups excluding tert-OH is 1. The molecule has 6 heteroatoms. The van der Waals surface area contributed by atoms with Gasteiger partial charge in [0.1, 0.15) is 5.75 Å². The molecule has 0 aliphatic rings. The van der Waals surface area contributed by atoms with Crippen molar-refractivity contribution in [2.45, 2.75) is 20.5 Å². The highest BCUT2D eigenvalue weighted by atomic mass is 79.9. The van der Waals surface area contributed by atoms with Gasteiger partial charge in [0.15, 0.2) is 0 Å². The summed E-state index contributed by atoms with van der Waals surface area (Å²) < 4.78 is 6.37. The van der Waals surface area contributed by atoms with Crippen LogP contribution in [0.3, 0.4) is 0 Å². The van der Waals surface area contributed by atoms with E-state index in [1.54, 1.807) is 18.2 Å². The van der Waals surface area contributed by atoms with E-state index in [-0.39, 0.29) is 12.5 Å². The number of carbonyl (C=O) groups excluding carboxylic acids is 1. The summed E-state index contributed by atoms with van der Waals surface area (Å²) in [6.07, 6.45) is 0. The van der Waals surface area contributed by atoms with Crippen molar-refractivity contribution in [1.82, 2.24) is 0 Å². The molecule has 21 heavy (non-hydrogen) atoms. The summed E-state index contributed by atoms with van der Waals surface area (Å²) in [6.45, 7) is 4.22. The van der Waals surface area contributed by atoms with Crippen LogP contribution in [-0.4, -0.2) is 17.6 Å². The molecule has 0 spiro atoms. The van der Waals surface area contributed by atoms with Crippen LogP contribution in [0.15, 0.2) is 28.1 Å². The topological polar surface area (TPSA) is 58.6 Å². The summed E-state index contributed by atoms with van der Waals surface area (Å²) in [7, 11) is 0. The third-order valence-corrected chi connectivity index (χ3v) is 5.00. The molecule has 0 aliphatic heterocycles. The van der Waals surface area contributed by atoms with Gasteiger partial charge in [0, 0.05) is 11.3 Å². The maximum atomic E-state index is 12.2. The van der Waals surface area contributed by atoms with Gasteiger partial charge in [-0.15, -0.1) is 11.3 Å². The molecule has 0 unspecified atom stereocenters. The lowest BCUT2D eigenvalue weighted by Gasteiger charge is -2.11. The second-order valence-corrected chi connectivity index (χ2v) is 6.81. The lowest BCUT2D eigenvalue weighted by Crippen LogP contribution is -2.10. The highest BCUT2D eigenvalue weighted by Gasteiger charge is 2.12. The van der Waals surface area contributed by atoms with E-state index in [4.69, 9.17) is 4.74 Å². The Labute approximate surface area is 135 Å². The van der Waals surface area contributed by atoms with Gasteiger partial charge < -0.3 is 15.2 Å². The quantitative estimate of drug-likeness (QED) is 0.838. The van der Waals surface area contributed by atoms with Crippen LogP contribution in [0.5, 0.6) is 5.75 Å². The van der Waals surface area contributed by atoms with E-state index in [1.807, 2.05) is 19.9 Å². The number of halogens is 1. The molecule has 0 saturated heterocycles. The van der Waals surface area contributed by atoms with Crippen molar-refractivity contribution < 1.29 is 14.6 Å². The van der Waals surface area contributed by atoms with E-state index in [1.165, 1.54) is 11.3 Å². The number of amides is 1. The Bertz CT molecular complexity index is 635. The van der Waals surface area contributed by atoms with Gasteiger partial charge in [0.25, 0.3) is 5.91 Å².